The molecule has 1 heterocycles. The summed E-state index contributed by atoms with van der Waals surface area (Å²) in [6.45, 7) is 6.15. The Morgan fingerprint density at radius 1 is 1.14 bits per heavy atom. The van der Waals surface area contributed by atoms with Crippen molar-refractivity contribution in [2.24, 2.45) is 0 Å². The summed E-state index contributed by atoms with van der Waals surface area (Å²) in [4.78, 5) is 4.32. The Bertz CT molecular complexity index is 609. The topological polar surface area (TPSA) is 24.9 Å². The van der Waals surface area contributed by atoms with Crippen molar-refractivity contribution in [3.63, 3.8) is 0 Å². The molecule has 4 heteroatoms. The number of halogens is 2. The lowest BCUT2D eigenvalue weighted by molar-refractivity contribution is 0.467. The summed E-state index contributed by atoms with van der Waals surface area (Å²) >= 11 is 0. The number of hydrogen-bond acceptors (Lipinski definition) is 2. The van der Waals surface area contributed by atoms with Crippen LogP contribution < -0.4 is 5.32 Å². The number of pyridine rings is 1. The van der Waals surface area contributed by atoms with Crippen molar-refractivity contribution in [2.75, 3.05) is 6.54 Å². The van der Waals surface area contributed by atoms with Crippen LogP contribution in [0.15, 0.2) is 30.5 Å². The van der Waals surface area contributed by atoms with Crippen molar-refractivity contribution in [3.8, 4) is 0 Å². The minimum Gasteiger partial charge on any atom is -0.310 e. The van der Waals surface area contributed by atoms with Crippen LogP contribution in [0.1, 0.15) is 35.3 Å². The molecule has 1 N–H and O–H groups in total. The third-order valence-corrected chi connectivity index (χ3v) is 3.50. The lowest BCUT2D eigenvalue weighted by Crippen LogP contribution is -2.25. The van der Waals surface area contributed by atoms with Crippen molar-refractivity contribution >= 4 is 0 Å². The van der Waals surface area contributed by atoms with Crippen LogP contribution in [0.5, 0.6) is 0 Å². The molecule has 0 fully saturated rings. The summed E-state index contributed by atoms with van der Waals surface area (Å²) in [5.74, 6) is -0.996. The molecule has 2 aromatic rings. The standard InChI is InChI=1S/C17H20F2N2/c1-4-20-15(9-13-7-5-11(2)10-21-13)16-14(18)8-6-12(3)17(16)19/h5-8,10,15,20H,4,9H2,1-3H3. The number of hydrogen-bond donors (Lipinski definition) is 1. The van der Waals surface area contributed by atoms with E-state index in [9.17, 15) is 8.78 Å². The van der Waals surface area contributed by atoms with Gasteiger partial charge >= 0.3 is 0 Å². The molecule has 0 aliphatic rings. The minimum absolute atomic E-state index is 0.0965. The first-order valence-electron chi connectivity index (χ1n) is 7.12. The van der Waals surface area contributed by atoms with Gasteiger partial charge in [0.25, 0.3) is 0 Å². The van der Waals surface area contributed by atoms with E-state index in [4.69, 9.17) is 0 Å². The van der Waals surface area contributed by atoms with E-state index in [1.54, 1.807) is 13.1 Å². The fourth-order valence-electron chi connectivity index (χ4n) is 2.35. The highest BCUT2D eigenvalue weighted by molar-refractivity contribution is 5.30. The molecule has 0 saturated heterocycles. The van der Waals surface area contributed by atoms with Gasteiger partial charge in [0.05, 0.1) is 0 Å². The lowest BCUT2D eigenvalue weighted by Gasteiger charge is -2.20. The van der Waals surface area contributed by atoms with Gasteiger partial charge in [0.2, 0.25) is 0 Å². The Kier molecular flexibility index (Phi) is 5.02. The van der Waals surface area contributed by atoms with Crippen molar-refractivity contribution in [2.45, 2.75) is 33.2 Å². The van der Waals surface area contributed by atoms with Gasteiger partial charge in [-0.2, -0.15) is 0 Å². The molecule has 0 spiro atoms. The van der Waals surface area contributed by atoms with Gasteiger partial charge in [-0.25, -0.2) is 8.78 Å². The number of likely N-dealkylation sites (N-methyl/N-ethyl adjacent to an activating group) is 1. The van der Waals surface area contributed by atoms with E-state index >= 15 is 0 Å². The monoisotopic (exact) mass is 290 g/mol. The smallest absolute Gasteiger partial charge is 0.133 e. The minimum atomic E-state index is -0.517. The molecule has 1 unspecified atom stereocenters. The van der Waals surface area contributed by atoms with Crippen LogP contribution in [0.2, 0.25) is 0 Å². The summed E-state index contributed by atoms with van der Waals surface area (Å²) < 4.78 is 28.4. The molecular formula is C17H20F2N2. The third-order valence-electron chi connectivity index (χ3n) is 3.50. The van der Waals surface area contributed by atoms with Gasteiger partial charge in [0.15, 0.2) is 0 Å². The van der Waals surface area contributed by atoms with Crippen LogP contribution in [0.4, 0.5) is 8.78 Å². The van der Waals surface area contributed by atoms with E-state index in [-0.39, 0.29) is 5.56 Å². The van der Waals surface area contributed by atoms with Crippen LogP contribution >= 0.6 is 0 Å². The SMILES string of the molecule is CCNC(Cc1ccc(C)cn1)c1c(F)ccc(C)c1F. The summed E-state index contributed by atoms with van der Waals surface area (Å²) in [6, 6.07) is 6.20. The van der Waals surface area contributed by atoms with Gasteiger partial charge < -0.3 is 5.32 Å². The van der Waals surface area contributed by atoms with Gasteiger partial charge in [-0.15, -0.1) is 0 Å². The number of rotatable bonds is 5. The summed E-state index contributed by atoms with van der Waals surface area (Å²) in [6.07, 6.45) is 2.21. The Hall–Kier alpha value is -1.81. The van der Waals surface area contributed by atoms with E-state index in [1.165, 1.54) is 12.1 Å². The van der Waals surface area contributed by atoms with Crippen LogP contribution in [0.3, 0.4) is 0 Å². The molecule has 1 atom stereocenters. The highest BCUT2D eigenvalue weighted by atomic mass is 19.1. The zero-order valence-electron chi connectivity index (χ0n) is 12.6. The van der Waals surface area contributed by atoms with Crippen LogP contribution in [-0.4, -0.2) is 11.5 Å². The maximum absolute atomic E-state index is 14.3. The quantitative estimate of drug-likeness (QED) is 0.904. The summed E-state index contributed by atoms with van der Waals surface area (Å²) in [5, 5.41) is 3.15. The predicted octanol–water partition coefficient (Wildman–Crippen LogP) is 3.87. The molecule has 2 rings (SSSR count). The Labute approximate surface area is 124 Å². The van der Waals surface area contributed by atoms with Gasteiger partial charge in [-0.3, -0.25) is 4.98 Å². The highest BCUT2D eigenvalue weighted by Crippen LogP contribution is 2.25. The maximum atomic E-state index is 14.3. The molecule has 0 bridgehead atoms. The van der Waals surface area contributed by atoms with E-state index < -0.39 is 17.7 Å². The van der Waals surface area contributed by atoms with Gasteiger partial charge in [0.1, 0.15) is 11.6 Å². The predicted molar refractivity (Wildman–Crippen MR) is 80.2 cm³/mol. The fourth-order valence-corrected chi connectivity index (χ4v) is 2.35. The van der Waals surface area contributed by atoms with Crippen molar-refractivity contribution in [1.29, 1.82) is 0 Å². The molecular weight excluding hydrogens is 270 g/mol. The zero-order chi connectivity index (χ0) is 15.4. The Morgan fingerprint density at radius 2 is 1.90 bits per heavy atom. The Morgan fingerprint density at radius 3 is 2.52 bits per heavy atom. The van der Waals surface area contributed by atoms with E-state index in [1.807, 2.05) is 26.0 Å². The molecule has 0 aliphatic carbocycles. The number of nitrogens with one attached hydrogen (secondary N) is 1. The maximum Gasteiger partial charge on any atom is 0.133 e. The van der Waals surface area contributed by atoms with Crippen LogP contribution in [-0.2, 0) is 6.42 Å². The van der Waals surface area contributed by atoms with Crippen molar-refractivity contribution < 1.29 is 8.78 Å². The third kappa shape index (κ3) is 3.64. The number of aromatic nitrogens is 1. The molecule has 1 aromatic heterocycles. The van der Waals surface area contributed by atoms with Crippen molar-refractivity contribution in [1.82, 2.24) is 10.3 Å². The normalized spacial score (nSPS) is 12.4. The molecule has 0 saturated carbocycles. The van der Waals surface area contributed by atoms with Gasteiger partial charge in [-0.1, -0.05) is 19.1 Å². The highest BCUT2D eigenvalue weighted by Gasteiger charge is 2.21. The second-order valence-electron chi connectivity index (χ2n) is 5.23. The largest absolute Gasteiger partial charge is 0.310 e. The van der Waals surface area contributed by atoms with Gasteiger partial charge in [-0.05, 0) is 43.7 Å². The first-order valence-corrected chi connectivity index (χ1v) is 7.12. The molecule has 2 nitrogen and oxygen atoms in total. The average Bonchev–Trinajstić information content (AvgIpc) is 2.46. The molecule has 1 aromatic carbocycles. The lowest BCUT2D eigenvalue weighted by atomic mass is 9.98. The van der Waals surface area contributed by atoms with Crippen molar-refractivity contribution in [3.05, 3.63) is 64.5 Å². The van der Waals surface area contributed by atoms with Crippen LogP contribution in [0, 0.1) is 25.5 Å². The molecule has 21 heavy (non-hydrogen) atoms. The summed E-state index contributed by atoms with van der Waals surface area (Å²) in [5.41, 5.74) is 2.42. The van der Waals surface area contributed by atoms with E-state index in [2.05, 4.69) is 10.3 Å². The van der Waals surface area contributed by atoms with E-state index in [0.717, 1.165) is 11.3 Å². The Balaban J connectivity index is 2.35. The van der Waals surface area contributed by atoms with E-state index in [0.29, 0.717) is 18.5 Å². The molecule has 0 radical (unpaired) electrons. The second-order valence-corrected chi connectivity index (χ2v) is 5.23. The number of aryl methyl sites for hydroxylation is 2. The molecule has 0 aliphatic heterocycles. The molecule has 112 valence electrons. The fraction of sp³-hybridized carbons (Fsp3) is 0.353. The number of nitrogens with zero attached hydrogens (tertiary/aromatic N) is 1. The molecule has 0 amide bonds. The first-order chi connectivity index (χ1) is 10.0. The summed E-state index contributed by atoms with van der Waals surface area (Å²) in [7, 11) is 0. The number of benzene rings is 1. The van der Waals surface area contributed by atoms with Crippen LogP contribution in [0.25, 0.3) is 0 Å². The van der Waals surface area contributed by atoms with Gasteiger partial charge in [0, 0.05) is 29.9 Å². The zero-order valence-corrected chi connectivity index (χ0v) is 12.6. The second kappa shape index (κ2) is 6.76. The average molecular weight is 290 g/mol. The first kappa shape index (κ1) is 15.6.